The lowest BCUT2D eigenvalue weighted by atomic mass is 9.94. The molecule has 0 saturated carbocycles. The summed E-state index contributed by atoms with van der Waals surface area (Å²) in [5.41, 5.74) is 3.60. The van der Waals surface area contributed by atoms with E-state index in [9.17, 15) is 19.5 Å². The van der Waals surface area contributed by atoms with E-state index < -0.39 is 5.97 Å². The molecule has 2 N–H and O–H groups in total. The lowest BCUT2D eigenvalue weighted by Crippen LogP contribution is -2.35. The maximum absolute atomic E-state index is 14.0. The molecule has 0 unspecified atom stereocenters. The highest BCUT2D eigenvalue weighted by molar-refractivity contribution is 6.30. The van der Waals surface area contributed by atoms with E-state index in [4.69, 9.17) is 21.1 Å². The molecule has 0 radical (unpaired) electrons. The second-order valence-electron chi connectivity index (χ2n) is 9.74. The van der Waals surface area contributed by atoms with E-state index in [1.165, 1.54) is 4.90 Å². The fourth-order valence-corrected chi connectivity index (χ4v) is 5.08. The lowest BCUT2D eigenvalue weighted by molar-refractivity contribution is -0.137. The van der Waals surface area contributed by atoms with Crippen LogP contribution in [0.25, 0.3) is 11.1 Å². The number of halogens is 1. The second-order valence-corrected chi connectivity index (χ2v) is 10.2. The molecule has 0 aromatic heterocycles. The summed E-state index contributed by atoms with van der Waals surface area (Å²) in [6.45, 7) is 0.535. The largest absolute Gasteiger partial charge is 0.493 e. The first-order chi connectivity index (χ1) is 20.8. The molecule has 0 fully saturated rings. The van der Waals surface area contributed by atoms with Crippen LogP contribution >= 0.6 is 11.6 Å². The van der Waals surface area contributed by atoms with E-state index in [1.807, 2.05) is 30.3 Å². The van der Waals surface area contributed by atoms with Gasteiger partial charge in [0.2, 0.25) is 0 Å². The number of para-hydroxylation sites is 1. The second kappa shape index (κ2) is 14.9. The van der Waals surface area contributed by atoms with Crippen molar-refractivity contribution >= 4 is 29.4 Å². The predicted octanol–water partition coefficient (Wildman–Crippen LogP) is 6.11. The Morgan fingerprint density at radius 2 is 1.49 bits per heavy atom. The number of nitrogens with zero attached hydrogens (tertiary/aromatic N) is 1. The number of carbonyl (C=O) groups excluding carboxylic acids is 2. The van der Waals surface area contributed by atoms with E-state index in [1.54, 1.807) is 74.9 Å². The Kier molecular flexibility index (Phi) is 10.8. The van der Waals surface area contributed by atoms with Crippen LogP contribution in [0.3, 0.4) is 0 Å². The van der Waals surface area contributed by atoms with Gasteiger partial charge in [-0.2, -0.15) is 0 Å². The van der Waals surface area contributed by atoms with Crippen molar-refractivity contribution in [1.29, 1.82) is 0 Å². The van der Waals surface area contributed by atoms with Crippen LogP contribution in [0, 0.1) is 0 Å². The number of hydrogen-bond donors (Lipinski definition) is 2. The van der Waals surface area contributed by atoms with E-state index in [0.717, 1.165) is 11.1 Å². The summed E-state index contributed by atoms with van der Waals surface area (Å²) in [5, 5.41) is 12.9. The normalized spacial score (nSPS) is 10.6. The number of nitrogens with one attached hydrogen (secondary N) is 1. The Morgan fingerprint density at radius 1 is 0.814 bits per heavy atom. The van der Waals surface area contributed by atoms with Gasteiger partial charge in [-0.15, -0.1) is 0 Å². The number of carboxylic acid groups (broad SMARTS) is 1. The zero-order valence-corrected chi connectivity index (χ0v) is 24.8. The third-order valence-corrected chi connectivity index (χ3v) is 7.21. The topological polar surface area (TPSA) is 105 Å². The first-order valence-corrected chi connectivity index (χ1v) is 14.1. The molecule has 0 bridgehead atoms. The molecule has 2 amide bonds. The minimum Gasteiger partial charge on any atom is -0.493 e. The average molecular weight is 601 g/mol. The minimum absolute atomic E-state index is 0.0105. The molecule has 0 atom stereocenters. The molecule has 0 spiro atoms. The molecule has 0 saturated heterocycles. The molecule has 9 heteroatoms. The van der Waals surface area contributed by atoms with Crippen molar-refractivity contribution in [3.8, 4) is 22.6 Å². The van der Waals surface area contributed by atoms with E-state index >= 15 is 0 Å². The predicted molar refractivity (Wildman–Crippen MR) is 166 cm³/mol. The highest BCUT2D eigenvalue weighted by Gasteiger charge is 2.23. The zero-order chi connectivity index (χ0) is 30.8. The Bertz CT molecular complexity index is 1610. The molecular formula is C34H33ClN2O6. The van der Waals surface area contributed by atoms with Gasteiger partial charge in [-0.1, -0.05) is 72.3 Å². The van der Waals surface area contributed by atoms with Gasteiger partial charge in [0.1, 0.15) is 0 Å². The van der Waals surface area contributed by atoms with Crippen LogP contribution < -0.4 is 14.8 Å². The first kappa shape index (κ1) is 31.1. The van der Waals surface area contributed by atoms with Gasteiger partial charge in [0, 0.05) is 35.8 Å². The number of rotatable bonds is 13. The van der Waals surface area contributed by atoms with Crippen LogP contribution in [0.4, 0.5) is 0 Å². The molecule has 0 heterocycles. The number of carbonyl (C=O) groups is 3. The van der Waals surface area contributed by atoms with Gasteiger partial charge in [-0.3, -0.25) is 14.4 Å². The Morgan fingerprint density at radius 3 is 2.16 bits per heavy atom. The molecule has 43 heavy (non-hydrogen) atoms. The highest BCUT2D eigenvalue weighted by atomic mass is 35.5. The monoisotopic (exact) mass is 600 g/mol. The molecule has 0 aliphatic rings. The maximum atomic E-state index is 14.0. The van der Waals surface area contributed by atoms with E-state index in [2.05, 4.69) is 5.32 Å². The minimum atomic E-state index is -1.01. The van der Waals surface area contributed by atoms with Crippen LogP contribution in [-0.4, -0.2) is 55.1 Å². The van der Waals surface area contributed by atoms with Gasteiger partial charge in [0.05, 0.1) is 20.6 Å². The number of aliphatic carboxylic acids is 1. The van der Waals surface area contributed by atoms with Crippen LogP contribution in [-0.2, 0) is 17.8 Å². The molecule has 0 aliphatic heterocycles. The van der Waals surface area contributed by atoms with Gasteiger partial charge in [-0.05, 0) is 59.0 Å². The fourth-order valence-electron chi connectivity index (χ4n) is 4.87. The van der Waals surface area contributed by atoms with Crippen LogP contribution in [0.15, 0.2) is 91.0 Å². The summed E-state index contributed by atoms with van der Waals surface area (Å²) in [7, 11) is 3.10. The molecule has 4 aromatic carbocycles. The summed E-state index contributed by atoms with van der Waals surface area (Å²) >= 11 is 6.09. The zero-order valence-electron chi connectivity index (χ0n) is 24.0. The lowest BCUT2D eigenvalue weighted by Gasteiger charge is -2.24. The summed E-state index contributed by atoms with van der Waals surface area (Å²) in [5.74, 6) is -0.516. The van der Waals surface area contributed by atoms with Gasteiger partial charge in [-0.25, -0.2) is 0 Å². The highest BCUT2D eigenvalue weighted by Crippen LogP contribution is 2.32. The number of methoxy groups -OCH3 is 2. The van der Waals surface area contributed by atoms with Gasteiger partial charge >= 0.3 is 5.97 Å². The standard InChI is InChI=1S/C34H33ClN2O6/c1-42-30-16-8-10-24(32(30)43-2)17-19-37(20-18-31(38)39)34(41)29-15-6-4-13-27(29)26-12-3-5-14-28(26)33(40)36-22-23-9-7-11-25(35)21-23/h3-16,21H,17-20,22H2,1-2H3,(H,36,40)(H,38,39). The molecule has 222 valence electrons. The van der Waals surface area contributed by atoms with Crippen molar-refractivity contribution < 1.29 is 29.0 Å². The van der Waals surface area contributed by atoms with Crippen molar-refractivity contribution in [2.24, 2.45) is 0 Å². The third-order valence-electron chi connectivity index (χ3n) is 6.98. The summed E-state index contributed by atoms with van der Waals surface area (Å²) < 4.78 is 10.9. The summed E-state index contributed by atoms with van der Waals surface area (Å²) in [6.07, 6.45) is 0.196. The van der Waals surface area contributed by atoms with Crippen molar-refractivity contribution in [3.63, 3.8) is 0 Å². The molecule has 4 aromatic rings. The summed E-state index contributed by atoms with van der Waals surface area (Å²) in [4.78, 5) is 40.4. The SMILES string of the molecule is COc1cccc(CCN(CCC(=O)O)C(=O)c2ccccc2-c2ccccc2C(=O)NCc2cccc(Cl)c2)c1OC. The Balaban J connectivity index is 1.62. The molecule has 4 rings (SSSR count). The number of benzene rings is 4. The van der Waals surface area contributed by atoms with Crippen molar-refractivity contribution in [3.05, 3.63) is 118 Å². The Hall–Kier alpha value is -4.82. The third kappa shape index (κ3) is 7.93. The van der Waals surface area contributed by atoms with Crippen LogP contribution in [0.2, 0.25) is 5.02 Å². The van der Waals surface area contributed by atoms with Crippen molar-refractivity contribution in [2.45, 2.75) is 19.4 Å². The van der Waals surface area contributed by atoms with Gasteiger partial charge in [0.15, 0.2) is 11.5 Å². The summed E-state index contributed by atoms with van der Waals surface area (Å²) in [6, 6.07) is 26.9. The van der Waals surface area contributed by atoms with Crippen LogP contribution in [0.1, 0.15) is 38.3 Å². The van der Waals surface area contributed by atoms with Crippen molar-refractivity contribution in [1.82, 2.24) is 10.2 Å². The molecule has 0 aliphatic carbocycles. The van der Waals surface area contributed by atoms with Crippen molar-refractivity contribution in [2.75, 3.05) is 27.3 Å². The number of hydrogen-bond acceptors (Lipinski definition) is 5. The number of amides is 2. The fraction of sp³-hybridized carbons (Fsp3) is 0.206. The maximum Gasteiger partial charge on any atom is 0.305 e. The number of ether oxygens (including phenoxy) is 2. The quantitative estimate of drug-likeness (QED) is 0.192. The number of carboxylic acids is 1. The Labute approximate surface area is 255 Å². The van der Waals surface area contributed by atoms with Crippen LogP contribution in [0.5, 0.6) is 11.5 Å². The average Bonchev–Trinajstić information content (AvgIpc) is 3.03. The molecular weight excluding hydrogens is 568 g/mol. The molecule has 8 nitrogen and oxygen atoms in total. The van der Waals surface area contributed by atoms with Gasteiger partial charge < -0.3 is 24.8 Å². The smallest absolute Gasteiger partial charge is 0.305 e. The van der Waals surface area contributed by atoms with E-state index in [0.29, 0.717) is 45.2 Å². The van der Waals surface area contributed by atoms with E-state index in [-0.39, 0.29) is 37.9 Å². The van der Waals surface area contributed by atoms with Gasteiger partial charge in [0.25, 0.3) is 11.8 Å². The first-order valence-electron chi connectivity index (χ1n) is 13.7.